The number of ether oxygens (including phenoxy) is 1. The molecule has 3 aromatic rings. The van der Waals surface area contributed by atoms with Gasteiger partial charge in [-0.05, 0) is 41.8 Å². The monoisotopic (exact) mass is 438 g/mol. The summed E-state index contributed by atoms with van der Waals surface area (Å²) in [6.45, 7) is -0.00562. The summed E-state index contributed by atoms with van der Waals surface area (Å²) in [5.74, 6) is -2.94. The van der Waals surface area contributed by atoms with Gasteiger partial charge in [-0.3, -0.25) is 9.59 Å². The van der Waals surface area contributed by atoms with E-state index < -0.39 is 40.9 Å². The van der Waals surface area contributed by atoms with Gasteiger partial charge in [0.1, 0.15) is 0 Å². The van der Waals surface area contributed by atoms with Crippen LogP contribution in [-0.4, -0.2) is 29.4 Å². The molecule has 31 heavy (non-hydrogen) atoms. The van der Waals surface area contributed by atoms with Crippen molar-refractivity contribution in [1.82, 2.24) is 9.88 Å². The number of aromatic amines is 1. The number of hydrogen-bond acceptors (Lipinski definition) is 3. The van der Waals surface area contributed by atoms with E-state index in [1.54, 1.807) is 0 Å². The molecule has 1 amide bonds. The summed E-state index contributed by atoms with van der Waals surface area (Å²) in [5.41, 5.74) is -0.810. The standard InChI is InChI=1S/C21H15F5N2O3/c1-28(20(30)10-2-4-11(5-3-10)21(24,25)26)17-9-31-8-16-18(17)12-6-14(22)15(23)7-13(12)19(29)27-16/h2-7,17H,8-9H2,1H3,(H,27,29). The highest BCUT2D eigenvalue weighted by Crippen LogP contribution is 2.34. The summed E-state index contributed by atoms with van der Waals surface area (Å²) in [6, 6.07) is 4.62. The molecule has 1 N–H and O–H groups in total. The molecule has 4 rings (SSSR count). The Morgan fingerprint density at radius 2 is 1.71 bits per heavy atom. The second-order valence-corrected chi connectivity index (χ2v) is 7.18. The van der Waals surface area contributed by atoms with Gasteiger partial charge in [-0.1, -0.05) is 0 Å². The van der Waals surface area contributed by atoms with Crippen LogP contribution in [0.2, 0.25) is 0 Å². The third kappa shape index (κ3) is 3.67. The zero-order chi connectivity index (χ0) is 22.5. The van der Waals surface area contributed by atoms with Crippen LogP contribution in [0, 0.1) is 11.6 Å². The van der Waals surface area contributed by atoms with Gasteiger partial charge in [0.15, 0.2) is 11.6 Å². The van der Waals surface area contributed by atoms with E-state index >= 15 is 0 Å². The minimum Gasteiger partial charge on any atom is -0.373 e. The van der Waals surface area contributed by atoms with E-state index in [2.05, 4.69) is 4.98 Å². The molecule has 1 aliphatic heterocycles. The molecule has 10 heteroatoms. The maximum Gasteiger partial charge on any atom is 0.416 e. The number of nitrogens with zero attached hydrogens (tertiary/aromatic N) is 1. The van der Waals surface area contributed by atoms with Crippen molar-refractivity contribution in [3.05, 3.63) is 80.8 Å². The van der Waals surface area contributed by atoms with Crippen molar-refractivity contribution in [3.8, 4) is 0 Å². The minimum atomic E-state index is -4.53. The van der Waals surface area contributed by atoms with Gasteiger partial charge >= 0.3 is 6.18 Å². The Kier molecular flexibility index (Phi) is 5.04. The van der Waals surface area contributed by atoms with Crippen LogP contribution in [-0.2, 0) is 17.5 Å². The lowest BCUT2D eigenvalue weighted by molar-refractivity contribution is -0.137. The van der Waals surface area contributed by atoms with E-state index in [1.165, 1.54) is 11.9 Å². The number of amides is 1. The zero-order valence-corrected chi connectivity index (χ0v) is 16.0. The molecule has 5 nitrogen and oxygen atoms in total. The number of alkyl halides is 3. The molecule has 162 valence electrons. The Morgan fingerprint density at radius 3 is 2.32 bits per heavy atom. The van der Waals surface area contributed by atoms with Crippen molar-refractivity contribution in [1.29, 1.82) is 0 Å². The average molecular weight is 438 g/mol. The fraction of sp³-hybridized carbons (Fsp3) is 0.238. The molecule has 0 spiro atoms. The molecular formula is C21H15F5N2O3. The number of pyridine rings is 1. The number of H-pyrrole nitrogens is 1. The van der Waals surface area contributed by atoms with Gasteiger partial charge in [-0.15, -0.1) is 0 Å². The quantitative estimate of drug-likeness (QED) is 0.611. The van der Waals surface area contributed by atoms with Crippen molar-refractivity contribution >= 4 is 16.7 Å². The van der Waals surface area contributed by atoms with Gasteiger partial charge < -0.3 is 14.6 Å². The fourth-order valence-corrected chi connectivity index (χ4v) is 3.69. The molecule has 1 aromatic heterocycles. The molecule has 0 saturated carbocycles. The first-order valence-corrected chi connectivity index (χ1v) is 9.14. The van der Waals surface area contributed by atoms with Crippen LogP contribution < -0.4 is 5.56 Å². The lowest BCUT2D eigenvalue weighted by Crippen LogP contribution is -2.37. The maximum absolute atomic E-state index is 13.9. The number of benzene rings is 2. The highest BCUT2D eigenvalue weighted by Gasteiger charge is 2.33. The maximum atomic E-state index is 13.9. The van der Waals surface area contributed by atoms with E-state index in [-0.39, 0.29) is 29.5 Å². The number of rotatable bonds is 2. The van der Waals surface area contributed by atoms with Crippen LogP contribution in [0.1, 0.15) is 33.2 Å². The molecule has 0 bridgehead atoms. The summed E-state index contributed by atoms with van der Waals surface area (Å²) < 4.78 is 71.4. The van der Waals surface area contributed by atoms with Crippen LogP contribution in [0.25, 0.3) is 10.8 Å². The average Bonchev–Trinajstić information content (AvgIpc) is 2.73. The van der Waals surface area contributed by atoms with E-state index in [4.69, 9.17) is 4.74 Å². The van der Waals surface area contributed by atoms with Crippen LogP contribution >= 0.6 is 0 Å². The summed E-state index contributed by atoms with van der Waals surface area (Å²) in [6.07, 6.45) is -4.53. The van der Waals surface area contributed by atoms with Crippen molar-refractivity contribution in [2.75, 3.05) is 13.7 Å². The normalized spacial score (nSPS) is 16.3. The number of hydrogen-bond donors (Lipinski definition) is 1. The summed E-state index contributed by atoms with van der Waals surface area (Å²) in [7, 11) is 1.42. The zero-order valence-electron chi connectivity index (χ0n) is 16.0. The first-order valence-electron chi connectivity index (χ1n) is 9.14. The second-order valence-electron chi connectivity index (χ2n) is 7.18. The number of halogens is 5. The van der Waals surface area contributed by atoms with Crippen molar-refractivity contribution < 1.29 is 31.5 Å². The molecule has 1 aliphatic rings. The SMILES string of the molecule is CN(C(=O)c1ccc(C(F)(F)F)cc1)C1COCc2[nH]c(=O)c3cc(F)c(F)cc3c21. The molecule has 1 unspecified atom stereocenters. The minimum absolute atomic E-state index is 0.00167. The smallest absolute Gasteiger partial charge is 0.373 e. The summed E-state index contributed by atoms with van der Waals surface area (Å²) in [4.78, 5) is 29.0. The molecule has 0 radical (unpaired) electrons. The predicted octanol–water partition coefficient (Wildman–Crippen LogP) is 4.17. The first-order chi connectivity index (χ1) is 14.6. The van der Waals surface area contributed by atoms with Gasteiger partial charge in [0.25, 0.3) is 11.5 Å². The molecule has 0 saturated heterocycles. The van der Waals surface area contributed by atoms with E-state index in [1.807, 2.05) is 0 Å². The molecule has 2 aromatic carbocycles. The number of aromatic nitrogens is 1. The molecule has 0 aliphatic carbocycles. The van der Waals surface area contributed by atoms with Crippen molar-refractivity contribution in [3.63, 3.8) is 0 Å². The summed E-state index contributed by atoms with van der Waals surface area (Å²) in [5, 5.41) is 0.0537. The topological polar surface area (TPSA) is 62.4 Å². The largest absolute Gasteiger partial charge is 0.416 e. The van der Waals surface area contributed by atoms with Gasteiger partial charge in [0.05, 0.1) is 30.2 Å². The van der Waals surface area contributed by atoms with Crippen LogP contribution in [0.5, 0.6) is 0 Å². The Labute approximate surface area is 172 Å². The van der Waals surface area contributed by atoms with Gasteiger partial charge in [-0.25, -0.2) is 8.78 Å². The van der Waals surface area contributed by atoms with Crippen molar-refractivity contribution in [2.45, 2.75) is 18.8 Å². The lowest BCUT2D eigenvalue weighted by Gasteiger charge is -2.34. The van der Waals surface area contributed by atoms with Crippen molar-refractivity contribution in [2.24, 2.45) is 0 Å². The van der Waals surface area contributed by atoms with Gasteiger partial charge in [0, 0.05) is 23.9 Å². The number of carbonyl (C=O) groups excluding carboxylic acids is 1. The number of nitrogens with one attached hydrogen (secondary N) is 1. The van der Waals surface area contributed by atoms with Gasteiger partial charge in [0.2, 0.25) is 0 Å². The molecule has 0 fully saturated rings. The molecule has 1 atom stereocenters. The Bertz CT molecular complexity index is 1230. The molecular weight excluding hydrogens is 423 g/mol. The fourth-order valence-electron chi connectivity index (χ4n) is 3.69. The highest BCUT2D eigenvalue weighted by molar-refractivity contribution is 5.95. The first kappa shape index (κ1) is 21.0. The van der Waals surface area contributed by atoms with E-state index in [0.717, 1.165) is 36.4 Å². The molecule has 2 heterocycles. The van der Waals surface area contributed by atoms with E-state index in [0.29, 0.717) is 11.3 Å². The van der Waals surface area contributed by atoms with Gasteiger partial charge in [-0.2, -0.15) is 13.2 Å². The Balaban J connectivity index is 1.77. The lowest BCUT2D eigenvalue weighted by atomic mass is 9.95. The van der Waals surface area contributed by atoms with Crippen LogP contribution in [0.3, 0.4) is 0 Å². The van der Waals surface area contributed by atoms with Crippen LogP contribution in [0.15, 0.2) is 41.2 Å². The predicted molar refractivity (Wildman–Crippen MR) is 100 cm³/mol. The van der Waals surface area contributed by atoms with E-state index in [9.17, 15) is 31.5 Å². The number of likely N-dealkylation sites (N-methyl/N-ethyl adjacent to an activating group) is 1. The Morgan fingerprint density at radius 1 is 1.10 bits per heavy atom. The third-order valence-corrected chi connectivity index (χ3v) is 5.29. The number of fused-ring (bicyclic) bond motifs is 3. The third-order valence-electron chi connectivity index (χ3n) is 5.29. The Hall–Kier alpha value is -3.27. The second kappa shape index (κ2) is 7.45. The highest BCUT2D eigenvalue weighted by atomic mass is 19.4. The van der Waals surface area contributed by atoms with Crippen LogP contribution in [0.4, 0.5) is 22.0 Å². The summed E-state index contributed by atoms with van der Waals surface area (Å²) >= 11 is 0. The number of carbonyl (C=O) groups is 1.